The van der Waals surface area contributed by atoms with Crippen molar-refractivity contribution in [2.45, 2.75) is 75.7 Å². The third-order valence-electron chi connectivity index (χ3n) is 5.18. The molecule has 6 heteroatoms. The van der Waals surface area contributed by atoms with Crippen LogP contribution in [-0.4, -0.2) is 54.1 Å². The van der Waals surface area contributed by atoms with E-state index in [1.165, 1.54) is 19.3 Å². The first kappa shape index (κ1) is 15.7. The van der Waals surface area contributed by atoms with Crippen LogP contribution in [-0.2, 0) is 14.3 Å². The Bertz CT molecular complexity index is 423. The normalized spacial score (nSPS) is 33.4. The van der Waals surface area contributed by atoms with Crippen molar-refractivity contribution in [2.24, 2.45) is 5.73 Å². The van der Waals surface area contributed by atoms with Crippen molar-refractivity contribution in [3.63, 3.8) is 0 Å². The largest absolute Gasteiger partial charge is 0.364 e. The molecule has 3 atom stereocenters. The minimum atomic E-state index is -0.396. The SMILES string of the molecule is NC[C@H]1CC[C@@H](C(=O)NC2CC(=O)N(C3CCCCC3)C2)O1. The maximum atomic E-state index is 12.2. The molecule has 2 amide bonds. The van der Waals surface area contributed by atoms with E-state index in [0.717, 1.165) is 25.7 Å². The fourth-order valence-electron chi connectivity index (χ4n) is 3.94. The van der Waals surface area contributed by atoms with Gasteiger partial charge < -0.3 is 20.7 Å². The highest BCUT2D eigenvalue weighted by atomic mass is 16.5. The van der Waals surface area contributed by atoms with Crippen LogP contribution in [0.15, 0.2) is 0 Å². The number of hydrogen-bond acceptors (Lipinski definition) is 4. The number of ether oxygens (including phenoxy) is 1. The molecule has 1 saturated carbocycles. The zero-order valence-corrected chi connectivity index (χ0v) is 13.1. The third kappa shape index (κ3) is 3.43. The Hall–Kier alpha value is -1.14. The summed E-state index contributed by atoms with van der Waals surface area (Å²) in [7, 11) is 0. The number of carbonyl (C=O) groups excluding carboxylic acids is 2. The van der Waals surface area contributed by atoms with Crippen molar-refractivity contribution in [3.8, 4) is 0 Å². The highest BCUT2D eigenvalue weighted by molar-refractivity contribution is 5.84. The first-order valence-electron chi connectivity index (χ1n) is 8.62. The van der Waals surface area contributed by atoms with E-state index in [1.807, 2.05) is 4.90 Å². The van der Waals surface area contributed by atoms with Crippen LogP contribution in [0.1, 0.15) is 51.4 Å². The minimum Gasteiger partial charge on any atom is -0.364 e. The summed E-state index contributed by atoms with van der Waals surface area (Å²) in [6.07, 6.45) is 7.51. The summed E-state index contributed by atoms with van der Waals surface area (Å²) < 4.78 is 5.62. The highest BCUT2D eigenvalue weighted by Gasteiger charge is 2.37. The van der Waals surface area contributed by atoms with E-state index in [1.54, 1.807) is 0 Å². The molecule has 3 N–H and O–H groups in total. The van der Waals surface area contributed by atoms with Gasteiger partial charge in [-0.3, -0.25) is 9.59 Å². The predicted octanol–water partition coefficient (Wildman–Crippen LogP) is 0.542. The van der Waals surface area contributed by atoms with Gasteiger partial charge in [-0.1, -0.05) is 19.3 Å². The van der Waals surface area contributed by atoms with E-state index in [4.69, 9.17) is 10.5 Å². The van der Waals surface area contributed by atoms with Gasteiger partial charge in [0.15, 0.2) is 0 Å². The van der Waals surface area contributed by atoms with Gasteiger partial charge in [-0.15, -0.1) is 0 Å². The molecule has 3 rings (SSSR count). The molecule has 2 heterocycles. The van der Waals surface area contributed by atoms with Crippen LogP contribution < -0.4 is 11.1 Å². The maximum absolute atomic E-state index is 12.2. The van der Waals surface area contributed by atoms with Crippen molar-refractivity contribution in [1.29, 1.82) is 0 Å². The number of likely N-dealkylation sites (tertiary alicyclic amines) is 1. The molecule has 1 unspecified atom stereocenters. The minimum absolute atomic E-state index is 0.000280. The van der Waals surface area contributed by atoms with Crippen molar-refractivity contribution in [1.82, 2.24) is 10.2 Å². The van der Waals surface area contributed by atoms with Gasteiger partial charge in [-0.2, -0.15) is 0 Å². The van der Waals surface area contributed by atoms with Gasteiger partial charge in [0.25, 0.3) is 0 Å². The topological polar surface area (TPSA) is 84.7 Å². The summed E-state index contributed by atoms with van der Waals surface area (Å²) in [5.74, 6) is 0.101. The molecule has 22 heavy (non-hydrogen) atoms. The van der Waals surface area contributed by atoms with Crippen molar-refractivity contribution in [3.05, 3.63) is 0 Å². The zero-order valence-electron chi connectivity index (χ0n) is 13.1. The van der Waals surface area contributed by atoms with Crippen molar-refractivity contribution < 1.29 is 14.3 Å². The number of carbonyl (C=O) groups is 2. The van der Waals surface area contributed by atoms with E-state index in [0.29, 0.717) is 25.6 Å². The lowest BCUT2D eigenvalue weighted by molar-refractivity contribution is -0.132. The van der Waals surface area contributed by atoms with E-state index in [9.17, 15) is 9.59 Å². The maximum Gasteiger partial charge on any atom is 0.249 e. The number of rotatable bonds is 4. The fraction of sp³-hybridized carbons (Fsp3) is 0.875. The van der Waals surface area contributed by atoms with Crippen molar-refractivity contribution in [2.75, 3.05) is 13.1 Å². The molecule has 2 aliphatic heterocycles. The smallest absolute Gasteiger partial charge is 0.249 e. The van der Waals surface area contributed by atoms with Crippen LogP contribution in [0.3, 0.4) is 0 Å². The summed E-state index contributed by atoms with van der Waals surface area (Å²) in [5.41, 5.74) is 5.57. The van der Waals surface area contributed by atoms with Gasteiger partial charge in [0.05, 0.1) is 12.1 Å². The molecular weight excluding hydrogens is 282 g/mol. The molecule has 0 radical (unpaired) electrons. The molecule has 0 aromatic heterocycles. The second-order valence-corrected chi connectivity index (χ2v) is 6.81. The Kier molecular flexibility index (Phi) is 4.98. The third-order valence-corrected chi connectivity index (χ3v) is 5.18. The summed E-state index contributed by atoms with van der Waals surface area (Å²) in [5, 5.41) is 3.00. The number of nitrogens with two attached hydrogens (primary N) is 1. The van der Waals surface area contributed by atoms with Gasteiger partial charge in [0.2, 0.25) is 11.8 Å². The molecule has 0 aromatic rings. The van der Waals surface area contributed by atoms with Gasteiger partial charge in [0.1, 0.15) is 6.10 Å². The lowest BCUT2D eigenvalue weighted by Crippen LogP contribution is -2.44. The van der Waals surface area contributed by atoms with Crippen LogP contribution in [0, 0.1) is 0 Å². The Balaban J connectivity index is 1.49. The van der Waals surface area contributed by atoms with Crippen LogP contribution in [0.2, 0.25) is 0 Å². The van der Waals surface area contributed by atoms with E-state index >= 15 is 0 Å². The van der Waals surface area contributed by atoms with Crippen LogP contribution in [0.5, 0.6) is 0 Å². The number of nitrogens with zero attached hydrogens (tertiary/aromatic N) is 1. The lowest BCUT2D eigenvalue weighted by atomic mass is 9.94. The Labute approximate surface area is 131 Å². The summed E-state index contributed by atoms with van der Waals surface area (Å²) >= 11 is 0. The monoisotopic (exact) mass is 309 g/mol. The average molecular weight is 309 g/mol. The van der Waals surface area contributed by atoms with Crippen LogP contribution in [0.25, 0.3) is 0 Å². The summed E-state index contributed by atoms with van der Waals surface area (Å²) in [6.45, 7) is 1.11. The lowest BCUT2D eigenvalue weighted by Gasteiger charge is -2.31. The molecule has 3 fully saturated rings. The number of amides is 2. The predicted molar refractivity (Wildman–Crippen MR) is 82.1 cm³/mol. The van der Waals surface area contributed by atoms with Crippen LogP contribution in [0.4, 0.5) is 0 Å². The van der Waals surface area contributed by atoms with Gasteiger partial charge >= 0.3 is 0 Å². The molecule has 6 nitrogen and oxygen atoms in total. The van der Waals surface area contributed by atoms with Gasteiger partial charge in [0, 0.05) is 25.6 Å². The number of nitrogens with one attached hydrogen (secondary N) is 1. The molecule has 124 valence electrons. The molecule has 0 spiro atoms. The molecule has 2 saturated heterocycles. The Morgan fingerprint density at radius 1 is 1.23 bits per heavy atom. The molecule has 3 aliphatic rings. The van der Waals surface area contributed by atoms with Gasteiger partial charge in [-0.05, 0) is 25.7 Å². The second kappa shape index (κ2) is 6.96. The Morgan fingerprint density at radius 3 is 2.68 bits per heavy atom. The first-order valence-corrected chi connectivity index (χ1v) is 8.62. The standard InChI is InChI=1S/C16H27N3O3/c17-9-13-6-7-14(22-13)16(21)18-11-8-15(20)19(10-11)12-4-2-1-3-5-12/h11-14H,1-10,17H2,(H,18,21)/t11?,13-,14+/m1/s1. The average Bonchev–Trinajstić information content (AvgIpc) is 3.15. The van der Waals surface area contributed by atoms with Crippen molar-refractivity contribution >= 4 is 11.8 Å². The zero-order chi connectivity index (χ0) is 15.5. The van der Waals surface area contributed by atoms with E-state index < -0.39 is 6.10 Å². The second-order valence-electron chi connectivity index (χ2n) is 6.81. The fourth-order valence-corrected chi connectivity index (χ4v) is 3.94. The summed E-state index contributed by atoms with van der Waals surface area (Å²) in [6, 6.07) is 0.315. The number of hydrogen-bond donors (Lipinski definition) is 2. The summed E-state index contributed by atoms with van der Waals surface area (Å²) in [4.78, 5) is 26.4. The highest BCUT2D eigenvalue weighted by Crippen LogP contribution is 2.27. The molecule has 1 aliphatic carbocycles. The molecule has 0 bridgehead atoms. The van der Waals surface area contributed by atoms with E-state index in [2.05, 4.69) is 5.32 Å². The van der Waals surface area contributed by atoms with Gasteiger partial charge in [-0.25, -0.2) is 0 Å². The van der Waals surface area contributed by atoms with Crippen LogP contribution >= 0.6 is 0 Å². The molecule has 0 aromatic carbocycles. The quantitative estimate of drug-likeness (QED) is 0.794. The van der Waals surface area contributed by atoms with E-state index in [-0.39, 0.29) is 24.0 Å². The Morgan fingerprint density at radius 2 is 2.00 bits per heavy atom. The molecular formula is C16H27N3O3. The first-order chi connectivity index (χ1) is 10.7.